The van der Waals surface area contributed by atoms with Gasteiger partial charge in [-0.25, -0.2) is 0 Å². The molecular formula is C11H20O10. The van der Waals surface area contributed by atoms with Gasteiger partial charge in [-0.15, -0.1) is 0 Å². The highest BCUT2D eigenvalue weighted by molar-refractivity contribution is 4.91. The van der Waals surface area contributed by atoms with Crippen LogP contribution in [0, 0.1) is 0 Å². The minimum atomic E-state index is -1.70. The molecule has 124 valence electrons. The molecule has 0 aliphatic carbocycles. The van der Waals surface area contributed by atoms with E-state index in [0.29, 0.717) is 0 Å². The molecule has 9 atom stereocenters. The second-order valence-corrected chi connectivity index (χ2v) is 5.08. The molecule has 0 spiro atoms. The van der Waals surface area contributed by atoms with Crippen molar-refractivity contribution in [2.75, 3.05) is 13.2 Å². The van der Waals surface area contributed by atoms with Crippen LogP contribution in [0.2, 0.25) is 0 Å². The molecule has 0 aromatic rings. The normalized spacial score (nSPS) is 51.9. The van der Waals surface area contributed by atoms with Gasteiger partial charge in [-0.3, -0.25) is 0 Å². The van der Waals surface area contributed by atoms with E-state index in [1.807, 2.05) is 0 Å². The first-order chi connectivity index (χ1) is 9.86. The maximum absolute atomic E-state index is 9.92. The Morgan fingerprint density at radius 3 is 2.19 bits per heavy atom. The second-order valence-electron chi connectivity index (χ2n) is 5.08. The Kier molecular flexibility index (Phi) is 5.48. The van der Waals surface area contributed by atoms with Crippen LogP contribution in [0.1, 0.15) is 0 Å². The van der Waals surface area contributed by atoms with Crippen LogP contribution in [0.4, 0.5) is 0 Å². The quantitative estimate of drug-likeness (QED) is 0.268. The molecule has 0 bridgehead atoms. The van der Waals surface area contributed by atoms with E-state index >= 15 is 0 Å². The second kappa shape index (κ2) is 6.79. The topological polar surface area (TPSA) is 169 Å². The van der Waals surface area contributed by atoms with Gasteiger partial charge in [0.25, 0.3) is 0 Å². The molecule has 2 aliphatic heterocycles. The van der Waals surface area contributed by atoms with Crippen molar-refractivity contribution in [3.05, 3.63) is 0 Å². The van der Waals surface area contributed by atoms with Gasteiger partial charge < -0.3 is 50.0 Å². The molecule has 2 heterocycles. The summed E-state index contributed by atoms with van der Waals surface area (Å²) < 4.78 is 15.0. The predicted octanol–water partition coefficient (Wildman–Crippen LogP) is -4.76. The van der Waals surface area contributed by atoms with Crippen molar-refractivity contribution in [2.45, 2.75) is 55.3 Å². The van der Waals surface area contributed by atoms with Gasteiger partial charge in [0.15, 0.2) is 12.6 Å². The van der Waals surface area contributed by atoms with Gasteiger partial charge in [0.05, 0.1) is 13.2 Å². The molecule has 21 heavy (non-hydrogen) atoms. The Labute approximate surface area is 119 Å². The first-order valence-electron chi connectivity index (χ1n) is 6.48. The zero-order chi connectivity index (χ0) is 15.7. The first kappa shape index (κ1) is 17.0. The zero-order valence-electron chi connectivity index (χ0n) is 11.0. The number of aliphatic hydroxyl groups is 7. The van der Waals surface area contributed by atoms with E-state index in [2.05, 4.69) is 0 Å². The third-order valence-corrected chi connectivity index (χ3v) is 3.59. The van der Waals surface area contributed by atoms with Gasteiger partial charge in [0.2, 0.25) is 0 Å². The molecule has 2 rings (SSSR count). The molecule has 0 amide bonds. The summed E-state index contributed by atoms with van der Waals surface area (Å²) in [6, 6.07) is 0. The van der Waals surface area contributed by atoms with Gasteiger partial charge in [-0.1, -0.05) is 0 Å². The molecule has 10 nitrogen and oxygen atoms in total. The van der Waals surface area contributed by atoms with Crippen molar-refractivity contribution < 1.29 is 50.0 Å². The number of ether oxygens (including phenoxy) is 3. The van der Waals surface area contributed by atoms with E-state index in [4.69, 9.17) is 19.3 Å². The van der Waals surface area contributed by atoms with Crippen LogP contribution in [0.5, 0.6) is 0 Å². The zero-order valence-corrected chi connectivity index (χ0v) is 11.0. The summed E-state index contributed by atoms with van der Waals surface area (Å²) in [5, 5.41) is 66.8. The minimum absolute atomic E-state index is 0.315. The van der Waals surface area contributed by atoms with Crippen LogP contribution >= 0.6 is 0 Å². The maximum Gasteiger partial charge on any atom is 0.186 e. The Morgan fingerprint density at radius 1 is 0.905 bits per heavy atom. The smallest absolute Gasteiger partial charge is 0.186 e. The lowest BCUT2D eigenvalue weighted by Gasteiger charge is -2.43. The van der Waals surface area contributed by atoms with Crippen molar-refractivity contribution >= 4 is 0 Å². The van der Waals surface area contributed by atoms with Crippen LogP contribution in [0.15, 0.2) is 0 Å². The molecule has 0 saturated carbocycles. The molecule has 7 N–H and O–H groups in total. The van der Waals surface area contributed by atoms with E-state index in [9.17, 15) is 30.6 Å². The SMILES string of the molecule is OC[C@H]1O[C@H](O)[C@@H](O)[C@@H](O[C@H]2OC[C@@H](O)[C@H](O)[C@@H]2O)[C@@H]1O. The number of aliphatic hydroxyl groups excluding tert-OH is 7. The highest BCUT2D eigenvalue weighted by Crippen LogP contribution is 2.26. The summed E-state index contributed by atoms with van der Waals surface area (Å²) in [7, 11) is 0. The summed E-state index contributed by atoms with van der Waals surface area (Å²) in [6.45, 7) is -0.940. The Hall–Kier alpha value is -0.400. The molecule has 0 aromatic carbocycles. The predicted molar refractivity (Wildman–Crippen MR) is 62.6 cm³/mol. The van der Waals surface area contributed by atoms with E-state index in [1.165, 1.54) is 0 Å². The summed E-state index contributed by atoms with van der Waals surface area (Å²) in [4.78, 5) is 0. The van der Waals surface area contributed by atoms with Crippen LogP contribution in [-0.2, 0) is 14.2 Å². The van der Waals surface area contributed by atoms with Crippen molar-refractivity contribution in [2.24, 2.45) is 0 Å². The summed E-state index contributed by atoms with van der Waals surface area (Å²) >= 11 is 0. The molecular weight excluding hydrogens is 292 g/mol. The average Bonchev–Trinajstić information content (AvgIpc) is 2.47. The molecule has 0 unspecified atom stereocenters. The fraction of sp³-hybridized carbons (Fsp3) is 1.00. The van der Waals surface area contributed by atoms with E-state index in [1.54, 1.807) is 0 Å². The molecule has 10 heteroatoms. The fourth-order valence-electron chi connectivity index (χ4n) is 2.28. The van der Waals surface area contributed by atoms with Crippen molar-refractivity contribution in [3.63, 3.8) is 0 Å². The third kappa shape index (κ3) is 3.35. The molecule has 0 radical (unpaired) electrons. The summed E-state index contributed by atoms with van der Waals surface area (Å²) in [5.74, 6) is 0. The standard InChI is InChI=1S/C11H20O10/c12-1-4-6(15)9(8(17)10(18)20-4)21-11-7(16)5(14)3(13)2-19-11/h3-18H,1-2H2/t3-,4-,5+,6-,7+,8+,9+,10+,11-/m1/s1. The minimum Gasteiger partial charge on any atom is -0.394 e. The van der Waals surface area contributed by atoms with Crippen LogP contribution < -0.4 is 0 Å². The highest BCUT2D eigenvalue weighted by atomic mass is 16.7. The maximum atomic E-state index is 9.92. The van der Waals surface area contributed by atoms with Crippen molar-refractivity contribution in [3.8, 4) is 0 Å². The number of hydrogen-bond donors (Lipinski definition) is 7. The molecule has 2 fully saturated rings. The lowest BCUT2D eigenvalue weighted by Crippen LogP contribution is -2.62. The Morgan fingerprint density at radius 2 is 1.57 bits per heavy atom. The fourth-order valence-corrected chi connectivity index (χ4v) is 2.28. The largest absolute Gasteiger partial charge is 0.394 e. The number of rotatable bonds is 3. The van der Waals surface area contributed by atoms with Crippen molar-refractivity contribution in [1.29, 1.82) is 0 Å². The Bertz CT molecular complexity index is 341. The first-order valence-corrected chi connectivity index (χ1v) is 6.48. The molecule has 2 aliphatic rings. The van der Waals surface area contributed by atoms with E-state index in [-0.39, 0.29) is 6.61 Å². The third-order valence-electron chi connectivity index (χ3n) is 3.59. The summed E-state index contributed by atoms with van der Waals surface area (Å²) in [5.41, 5.74) is 0. The monoisotopic (exact) mass is 312 g/mol. The highest BCUT2D eigenvalue weighted by Gasteiger charge is 2.48. The van der Waals surface area contributed by atoms with Gasteiger partial charge in [-0.05, 0) is 0 Å². The van der Waals surface area contributed by atoms with Crippen LogP contribution in [0.3, 0.4) is 0 Å². The summed E-state index contributed by atoms with van der Waals surface area (Å²) in [6.07, 6.45) is -13.3. The van der Waals surface area contributed by atoms with Crippen molar-refractivity contribution in [1.82, 2.24) is 0 Å². The lowest BCUT2D eigenvalue weighted by molar-refractivity contribution is -0.343. The van der Waals surface area contributed by atoms with Gasteiger partial charge in [-0.2, -0.15) is 0 Å². The molecule has 0 aromatic heterocycles. The number of hydrogen-bond acceptors (Lipinski definition) is 10. The van der Waals surface area contributed by atoms with Crippen LogP contribution in [0.25, 0.3) is 0 Å². The van der Waals surface area contributed by atoms with Gasteiger partial charge in [0.1, 0.15) is 42.7 Å². The lowest BCUT2D eigenvalue weighted by atomic mass is 9.98. The average molecular weight is 312 g/mol. The van der Waals surface area contributed by atoms with Gasteiger partial charge >= 0.3 is 0 Å². The van der Waals surface area contributed by atoms with E-state index in [0.717, 1.165) is 0 Å². The molecule has 2 saturated heterocycles. The Balaban J connectivity index is 2.05. The van der Waals surface area contributed by atoms with Crippen LogP contribution in [-0.4, -0.2) is 104 Å². The van der Waals surface area contributed by atoms with Gasteiger partial charge in [0, 0.05) is 0 Å². The van der Waals surface area contributed by atoms with E-state index < -0.39 is 61.9 Å².